The van der Waals surface area contributed by atoms with Crippen LogP contribution in [0.25, 0.3) is 0 Å². The summed E-state index contributed by atoms with van der Waals surface area (Å²) in [7, 11) is 0. The van der Waals surface area contributed by atoms with Crippen LogP contribution in [-0.4, -0.2) is 82.3 Å². The van der Waals surface area contributed by atoms with Crippen molar-refractivity contribution in [3.05, 3.63) is 0 Å². The van der Waals surface area contributed by atoms with Crippen LogP contribution in [0.2, 0.25) is 0 Å². The Balaban J connectivity index is -0.000000576. The Kier molecular flexibility index (Phi) is 39.0. The molecule has 0 saturated heterocycles. The average molecular weight is 480 g/mol. The van der Waals surface area contributed by atoms with E-state index in [0.717, 1.165) is 12.8 Å². The molecule has 0 amide bonds. The number of hydrogen-bond acceptors (Lipinski definition) is 6. The summed E-state index contributed by atoms with van der Waals surface area (Å²) in [5, 5.41) is 40.9. The number of nitrogens with zero attached hydrogens (tertiary/aromatic N) is 1. The van der Waals surface area contributed by atoms with Crippen molar-refractivity contribution in [2.24, 2.45) is 0 Å². The number of aliphatic hydroxyl groups excluding tert-OH is 3. The Labute approximate surface area is 202 Å². The molecule has 200 valence electrons. The number of carbonyl (C=O) groups is 2. The predicted octanol–water partition coefficient (Wildman–Crippen LogP) is 4.30. The average Bonchev–Trinajstić information content (AvgIpc) is 2.78. The first-order valence-electron chi connectivity index (χ1n) is 12.9. The van der Waals surface area contributed by atoms with Crippen LogP contribution in [0.1, 0.15) is 110 Å². The summed E-state index contributed by atoms with van der Waals surface area (Å²) in [6, 6.07) is 0. The van der Waals surface area contributed by atoms with E-state index in [2.05, 4.69) is 6.92 Å². The van der Waals surface area contributed by atoms with E-state index < -0.39 is 5.97 Å². The van der Waals surface area contributed by atoms with E-state index in [4.69, 9.17) is 30.3 Å². The number of hydrogen-bond donors (Lipinski definition) is 5. The topological polar surface area (TPSA) is 139 Å². The van der Waals surface area contributed by atoms with Gasteiger partial charge in [0.2, 0.25) is 0 Å². The summed E-state index contributed by atoms with van der Waals surface area (Å²) >= 11 is 0. The van der Waals surface area contributed by atoms with Crippen LogP contribution >= 0.6 is 0 Å². The maximum absolute atomic E-state index is 10.3. The van der Waals surface area contributed by atoms with Gasteiger partial charge < -0.3 is 25.5 Å². The molecule has 0 unspecified atom stereocenters. The number of carboxylic acid groups (broad SMARTS) is 2. The molecule has 8 heteroatoms. The summed E-state index contributed by atoms with van der Waals surface area (Å²) < 4.78 is 0. The molecule has 5 N–H and O–H groups in total. The lowest BCUT2D eigenvalue weighted by atomic mass is 10.0. The zero-order chi connectivity index (χ0) is 25.4. The fourth-order valence-corrected chi connectivity index (χ4v) is 3.41. The van der Waals surface area contributed by atoms with Crippen molar-refractivity contribution in [3.63, 3.8) is 0 Å². The highest BCUT2D eigenvalue weighted by Gasteiger charge is 2.00. The molecular formula is C25H53NO7. The van der Waals surface area contributed by atoms with Crippen LogP contribution in [0.5, 0.6) is 0 Å². The minimum Gasteiger partial charge on any atom is -0.483 e. The fraction of sp³-hybridized carbons (Fsp3) is 0.920. The lowest BCUT2D eigenvalue weighted by molar-refractivity contribution is -0.137. The summed E-state index contributed by atoms with van der Waals surface area (Å²) in [4.78, 5) is 20.5. The van der Waals surface area contributed by atoms with Crippen molar-refractivity contribution in [1.82, 2.24) is 4.90 Å². The molecule has 0 heterocycles. The molecule has 8 nitrogen and oxygen atoms in total. The van der Waals surface area contributed by atoms with Crippen LogP contribution in [0.4, 0.5) is 0 Å². The van der Waals surface area contributed by atoms with E-state index in [1.165, 1.54) is 83.5 Å². The van der Waals surface area contributed by atoms with Gasteiger partial charge in [-0.25, -0.2) is 0 Å². The zero-order valence-corrected chi connectivity index (χ0v) is 21.1. The van der Waals surface area contributed by atoms with E-state index in [-0.39, 0.29) is 26.3 Å². The van der Waals surface area contributed by atoms with Crippen molar-refractivity contribution in [2.45, 2.75) is 110 Å². The van der Waals surface area contributed by atoms with Crippen molar-refractivity contribution >= 4 is 12.4 Å². The number of unbranched alkanes of at least 4 members (excludes halogenated alkanes) is 14. The standard InChI is InChI=1S/C18H36O2.C6H15NO3.CH2O2/c1-2-3-4-5-6-7-8-9-10-11-12-13-14-15-16-17-18(19)20;8-4-1-7(2-5-9)3-6-10;2-1-3/h2-17H2,1H3,(H,19,20);8-10H,1-6H2;1H,(H,2,3). The first-order valence-corrected chi connectivity index (χ1v) is 12.9. The molecule has 0 aliphatic carbocycles. The second-order valence-corrected chi connectivity index (χ2v) is 8.21. The molecule has 0 atom stereocenters. The smallest absolute Gasteiger partial charge is 0.303 e. The third kappa shape index (κ3) is 41.5. The highest BCUT2D eigenvalue weighted by molar-refractivity contribution is 5.66. The highest BCUT2D eigenvalue weighted by atomic mass is 16.4. The number of carboxylic acids is 1. The Bertz CT molecular complexity index is 356. The van der Waals surface area contributed by atoms with E-state index in [1.807, 2.05) is 0 Å². The third-order valence-electron chi connectivity index (χ3n) is 5.24. The molecule has 0 aromatic carbocycles. The van der Waals surface area contributed by atoms with E-state index in [1.54, 1.807) is 4.90 Å². The lowest BCUT2D eigenvalue weighted by Crippen LogP contribution is -2.32. The van der Waals surface area contributed by atoms with Gasteiger partial charge in [0.05, 0.1) is 19.8 Å². The third-order valence-corrected chi connectivity index (χ3v) is 5.24. The zero-order valence-electron chi connectivity index (χ0n) is 21.1. The van der Waals surface area contributed by atoms with Crippen molar-refractivity contribution in [2.75, 3.05) is 39.5 Å². The maximum Gasteiger partial charge on any atom is 0.303 e. The molecule has 0 aliphatic heterocycles. The van der Waals surface area contributed by atoms with Crippen LogP contribution < -0.4 is 0 Å². The Morgan fingerprint density at radius 3 is 1.15 bits per heavy atom. The maximum atomic E-state index is 10.3. The van der Waals surface area contributed by atoms with E-state index >= 15 is 0 Å². The summed E-state index contributed by atoms with van der Waals surface area (Å²) in [6.45, 7) is 3.77. The molecule has 0 rings (SSSR count). The molecule has 0 radical (unpaired) electrons. The van der Waals surface area contributed by atoms with Crippen LogP contribution in [0, 0.1) is 0 Å². The summed E-state index contributed by atoms with van der Waals surface area (Å²) in [6.07, 6.45) is 20.2. The lowest BCUT2D eigenvalue weighted by Gasteiger charge is -2.17. The van der Waals surface area contributed by atoms with E-state index in [9.17, 15) is 4.79 Å². The van der Waals surface area contributed by atoms with Crippen LogP contribution in [0.15, 0.2) is 0 Å². The molecular weight excluding hydrogens is 426 g/mol. The first-order chi connectivity index (χ1) is 16.0. The van der Waals surface area contributed by atoms with Gasteiger partial charge in [0.25, 0.3) is 6.47 Å². The van der Waals surface area contributed by atoms with Gasteiger partial charge >= 0.3 is 5.97 Å². The Hall–Kier alpha value is -1.22. The molecule has 0 fully saturated rings. The van der Waals surface area contributed by atoms with Crippen LogP contribution in [-0.2, 0) is 9.59 Å². The number of aliphatic carboxylic acids is 1. The van der Waals surface area contributed by atoms with Gasteiger partial charge in [-0.3, -0.25) is 14.5 Å². The summed E-state index contributed by atoms with van der Waals surface area (Å²) in [5.41, 5.74) is 0. The Morgan fingerprint density at radius 1 is 0.636 bits per heavy atom. The molecule has 0 saturated carbocycles. The quantitative estimate of drug-likeness (QED) is 0.114. The largest absolute Gasteiger partial charge is 0.483 e. The van der Waals surface area contributed by atoms with Gasteiger partial charge in [0.1, 0.15) is 0 Å². The minimum absolute atomic E-state index is 0.0694. The van der Waals surface area contributed by atoms with Gasteiger partial charge in [-0.15, -0.1) is 0 Å². The second kappa shape index (κ2) is 35.4. The van der Waals surface area contributed by atoms with Gasteiger partial charge in [-0.2, -0.15) is 0 Å². The van der Waals surface area contributed by atoms with Crippen molar-refractivity contribution < 1.29 is 35.1 Å². The van der Waals surface area contributed by atoms with Gasteiger partial charge in [0, 0.05) is 26.1 Å². The highest BCUT2D eigenvalue weighted by Crippen LogP contribution is 2.13. The van der Waals surface area contributed by atoms with E-state index in [0.29, 0.717) is 26.1 Å². The molecule has 0 aromatic heterocycles. The SMILES string of the molecule is CCCCCCCCCCCCCCCCCC(=O)O.O=CO.OCCN(CCO)CCO. The second-order valence-electron chi connectivity index (χ2n) is 8.21. The van der Waals surface area contributed by atoms with Crippen molar-refractivity contribution in [1.29, 1.82) is 0 Å². The molecule has 0 spiro atoms. The predicted molar refractivity (Wildman–Crippen MR) is 134 cm³/mol. The molecule has 0 aromatic rings. The molecule has 0 aliphatic rings. The fourth-order valence-electron chi connectivity index (χ4n) is 3.41. The van der Waals surface area contributed by atoms with Gasteiger partial charge in [0.15, 0.2) is 0 Å². The molecule has 33 heavy (non-hydrogen) atoms. The molecule has 0 bridgehead atoms. The number of rotatable bonds is 22. The first kappa shape index (κ1) is 36.4. The Morgan fingerprint density at radius 2 is 0.909 bits per heavy atom. The normalized spacial score (nSPS) is 10.2. The summed E-state index contributed by atoms with van der Waals surface area (Å²) in [5.74, 6) is -0.653. The minimum atomic E-state index is -0.653. The van der Waals surface area contributed by atoms with Crippen LogP contribution in [0.3, 0.4) is 0 Å². The van der Waals surface area contributed by atoms with Gasteiger partial charge in [-0.1, -0.05) is 96.8 Å². The van der Waals surface area contributed by atoms with Crippen molar-refractivity contribution in [3.8, 4) is 0 Å². The number of aliphatic hydroxyl groups is 3. The monoisotopic (exact) mass is 479 g/mol. The van der Waals surface area contributed by atoms with Gasteiger partial charge in [-0.05, 0) is 6.42 Å².